The molecular weight excluding hydrogens is 390 g/mol. The summed E-state index contributed by atoms with van der Waals surface area (Å²) in [6.45, 7) is 6.19. The number of benzene rings is 2. The molecule has 0 bridgehead atoms. The average Bonchev–Trinajstić information content (AvgIpc) is 2.69. The SMILES string of the molecule is CCOc1ccccc1N1CC[NH+](CC(=O)Nc2ccccc2S(C)(=O)=O)CC1. The van der Waals surface area contributed by atoms with Gasteiger partial charge in [0.2, 0.25) is 0 Å². The zero-order valence-corrected chi connectivity index (χ0v) is 17.7. The topological polar surface area (TPSA) is 80.2 Å². The number of nitrogens with one attached hydrogen (secondary N) is 2. The maximum atomic E-state index is 12.5. The van der Waals surface area contributed by atoms with Crippen LogP contribution in [0.25, 0.3) is 0 Å². The van der Waals surface area contributed by atoms with Gasteiger partial charge < -0.3 is 19.9 Å². The molecule has 0 unspecified atom stereocenters. The molecule has 1 aliphatic rings. The van der Waals surface area contributed by atoms with Gasteiger partial charge in [0.25, 0.3) is 5.91 Å². The van der Waals surface area contributed by atoms with E-state index in [9.17, 15) is 13.2 Å². The van der Waals surface area contributed by atoms with Crippen molar-refractivity contribution in [3.05, 3.63) is 48.5 Å². The largest absolute Gasteiger partial charge is 0.492 e. The summed E-state index contributed by atoms with van der Waals surface area (Å²) in [6.07, 6.45) is 1.14. The minimum Gasteiger partial charge on any atom is -0.492 e. The van der Waals surface area contributed by atoms with Crippen molar-refractivity contribution in [1.29, 1.82) is 0 Å². The number of amides is 1. The third-order valence-corrected chi connectivity index (χ3v) is 6.10. The summed E-state index contributed by atoms with van der Waals surface area (Å²) in [5.74, 6) is 0.702. The monoisotopic (exact) mass is 418 g/mol. The van der Waals surface area contributed by atoms with E-state index in [1.165, 1.54) is 11.0 Å². The first-order valence-electron chi connectivity index (χ1n) is 9.77. The van der Waals surface area contributed by atoms with Crippen molar-refractivity contribution in [2.75, 3.05) is 55.8 Å². The van der Waals surface area contributed by atoms with Gasteiger partial charge in [-0.3, -0.25) is 4.79 Å². The summed E-state index contributed by atoms with van der Waals surface area (Å²) in [5, 5.41) is 2.76. The van der Waals surface area contributed by atoms with E-state index in [1.54, 1.807) is 18.2 Å². The molecule has 0 radical (unpaired) electrons. The molecule has 1 aliphatic heterocycles. The van der Waals surface area contributed by atoms with Crippen LogP contribution in [0.5, 0.6) is 5.75 Å². The van der Waals surface area contributed by atoms with Crippen LogP contribution in [0, 0.1) is 0 Å². The van der Waals surface area contributed by atoms with Gasteiger partial charge in [-0.25, -0.2) is 8.42 Å². The van der Waals surface area contributed by atoms with Crippen LogP contribution in [0.15, 0.2) is 53.4 Å². The first kappa shape index (κ1) is 21.1. The molecule has 1 saturated heterocycles. The van der Waals surface area contributed by atoms with Gasteiger partial charge in [0.15, 0.2) is 16.4 Å². The maximum Gasteiger partial charge on any atom is 0.279 e. The molecular formula is C21H28N3O4S+. The number of anilines is 2. The fourth-order valence-corrected chi connectivity index (χ4v) is 4.40. The fourth-order valence-electron chi connectivity index (χ4n) is 3.55. The number of ether oxygens (including phenoxy) is 1. The molecule has 0 saturated carbocycles. The molecule has 2 aromatic rings. The number of hydrogen-bond donors (Lipinski definition) is 2. The Bertz CT molecular complexity index is 954. The maximum absolute atomic E-state index is 12.5. The number of carbonyl (C=O) groups excluding carboxylic acids is 1. The fraction of sp³-hybridized carbons (Fsp3) is 0.381. The molecule has 2 N–H and O–H groups in total. The molecule has 7 nitrogen and oxygen atoms in total. The lowest BCUT2D eigenvalue weighted by molar-refractivity contribution is -0.892. The smallest absolute Gasteiger partial charge is 0.279 e. The highest BCUT2D eigenvalue weighted by Gasteiger charge is 2.24. The number of piperazine rings is 1. The molecule has 29 heavy (non-hydrogen) atoms. The van der Waals surface area contributed by atoms with Gasteiger partial charge in [-0.1, -0.05) is 24.3 Å². The van der Waals surface area contributed by atoms with Gasteiger partial charge in [-0.15, -0.1) is 0 Å². The first-order chi connectivity index (χ1) is 13.9. The van der Waals surface area contributed by atoms with Crippen LogP contribution in [0.2, 0.25) is 0 Å². The van der Waals surface area contributed by atoms with Crippen molar-refractivity contribution in [2.24, 2.45) is 0 Å². The predicted octanol–water partition coefficient (Wildman–Crippen LogP) is 0.832. The number of nitrogens with zero attached hydrogens (tertiary/aromatic N) is 1. The summed E-state index contributed by atoms with van der Waals surface area (Å²) < 4.78 is 29.5. The van der Waals surface area contributed by atoms with Crippen LogP contribution in [0.1, 0.15) is 6.92 Å². The highest BCUT2D eigenvalue weighted by atomic mass is 32.2. The highest BCUT2D eigenvalue weighted by molar-refractivity contribution is 7.90. The molecule has 0 aromatic heterocycles. The summed E-state index contributed by atoms with van der Waals surface area (Å²) in [6, 6.07) is 14.5. The van der Waals surface area contributed by atoms with Crippen molar-refractivity contribution in [1.82, 2.24) is 0 Å². The van der Waals surface area contributed by atoms with Gasteiger partial charge >= 0.3 is 0 Å². The van der Waals surface area contributed by atoms with Crippen LogP contribution in [0.3, 0.4) is 0 Å². The second kappa shape index (κ2) is 9.28. The number of hydrogen-bond acceptors (Lipinski definition) is 5. The molecule has 2 aromatic carbocycles. The molecule has 0 spiro atoms. The van der Waals surface area contributed by atoms with Gasteiger partial charge in [-0.2, -0.15) is 0 Å². The summed E-state index contributed by atoms with van der Waals surface area (Å²) in [5.41, 5.74) is 1.42. The molecule has 1 fully saturated rings. The lowest BCUT2D eigenvalue weighted by atomic mass is 10.2. The van der Waals surface area contributed by atoms with Crippen molar-refractivity contribution < 1.29 is 22.8 Å². The van der Waals surface area contributed by atoms with Gasteiger partial charge in [0.05, 0.1) is 49.1 Å². The zero-order valence-electron chi connectivity index (χ0n) is 16.8. The lowest BCUT2D eigenvalue weighted by Crippen LogP contribution is -3.15. The van der Waals surface area contributed by atoms with Crippen molar-refractivity contribution in [3.63, 3.8) is 0 Å². The third kappa shape index (κ3) is 5.48. The Kier molecular flexibility index (Phi) is 6.76. The van der Waals surface area contributed by atoms with Crippen LogP contribution >= 0.6 is 0 Å². The van der Waals surface area contributed by atoms with Crippen LogP contribution < -0.4 is 19.9 Å². The Morgan fingerprint density at radius 1 is 1.10 bits per heavy atom. The van der Waals surface area contributed by atoms with E-state index < -0.39 is 9.84 Å². The molecule has 0 atom stereocenters. The van der Waals surface area contributed by atoms with Crippen LogP contribution in [-0.4, -0.2) is 59.9 Å². The zero-order chi connectivity index (χ0) is 20.9. The van der Waals surface area contributed by atoms with Crippen molar-refractivity contribution in [3.8, 4) is 5.75 Å². The Morgan fingerprint density at radius 3 is 2.45 bits per heavy atom. The van der Waals surface area contributed by atoms with E-state index in [0.717, 1.165) is 43.9 Å². The Morgan fingerprint density at radius 2 is 1.76 bits per heavy atom. The number of quaternary nitrogens is 1. The van der Waals surface area contributed by atoms with Gasteiger partial charge in [0, 0.05) is 6.26 Å². The Balaban J connectivity index is 1.57. The van der Waals surface area contributed by atoms with Crippen LogP contribution in [0.4, 0.5) is 11.4 Å². The average molecular weight is 419 g/mol. The predicted molar refractivity (Wildman–Crippen MR) is 114 cm³/mol. The molecule has 0 aliphatic carbocycles. The van der Waals surface area contributed by atoms with E-state index in [-0.39, 0.29) is 10.8 Å². The number of sulfone groups is 1. The van der Waals surface area contributed by atoms with E-state index in [0.29, 0.717) is 18.8 Å². The van der Waals surface area contributed by atoms with Crippen LogP contribution in [-0.2, 0) is 14.6 Å². The molecule has 8 heteroatoms. The minimum atomic E-state index is -3.40. The first-order valence-corrected chi connectivity index (χ1v) is 11.7. The van der Waals surface area contributed by atoms with Gasteiger partial charge in [-0.05, 0) is 31.2 Å². The third-order valence-electron chi connectivity index (χ3n) is 4.95. The molecule has 1 amide bonds. The Labute approximate surface area is 172 Å². The van der Waals surface area contributed by atoms with Crippen molar-refractivity contribution in [2.45, 2.75) is 11.8 Å². The summed E-state index contributed by atoms with van der Waals surface area (Å²) in [4.78, 5) is 16.1. The molecule has 156 valence electrons. The minimum absolute atomic E-state index is 0.140. The van der Waals surface area contributed by atoms with Gasteiger partial charge in [0.1, 0.15) is 5.75 Å². The van der Waals surface area contributed by atoms with E-state index in [1.807, 2.05) is 25.1 Å². The standard InChI is InChI=1S/C21H27N3O4S/c1-3-28-19-10-6-5-9-18(19)24-14-12-23(13-15-24)16-21(25)22-17-8-4-7-11-20(17)29(2,26)27/h4-11H,3,12-16H2,1-2H3,(H,22,25)/p+1. The second-order valence-electron chi connectivity index (χ2n) is 7.13. The quantitative estimate of drug-likeness (QED) is 0.696. The normalized spacial score (nSPS) is 15.2. The molecule has 3 rings (SSSR count). The molecule has 1 heterocycles. The Hall–Kier alpha value is -2.58. The van der Waals surface area contributed by atoms with Crippen molar-refractivity contribution >= 4 is 27.1 Å². The lowest BCUT2D eigenvalue weighted by Gasteiger charge is -2.34. The van der Waals surface area contributed by atoms with E-state index in [4.69, 9.17) is 4.74 Å². The summed E-state index contributed by atoms with van der Waals surface area (Å²) >= 11 is 0. The number of para-hydroxylation sites is 3. The number of rotatable bonds is 7. The summed E-state index contributed by atoms with van der Waals surface area (Å²) in [7, 11) is -3.40. The highest BCUT2D eigenvalue weighted by Crippen LogP contribution is 2.27. The van der Waals surface area contributed by atoms with E-state index >= 15 is 0 Å². The number of carbonyl (C=O) groups is 1. The second-order valence-corrected chi connectivity index (χ2v) is 9.12. The van der Waals surface area contributed by atoms with E-state index in [2.05, 4.69) is 16.3 Å².